The molecule has 3 heteroatoms. The van der Waals surface area contributed by atoms with Crippen molar-refractivity contribution in [3.8, 4) is 0 Å². The molecule has 1 unspecified atom stereocenters. The molecule has 0 amide bonds. The van der Waals surface area contributed by atoms with E-state index in [-0.39, 0.29) is 5.97 Å². The standard InChI is InChI=1S/C14H27NO2/c1-5-15-14(12(16)17-6-2)9-7-8-13(3,4)10-11-14/h15H,5-11H2,1-4H3. The fourth-order valence-corrected chi connectivity index (χ4v) is 2.73. The van der Waals surface area contributed by atoms with E-state index in [1.807, 2.05) is 6.92 Å². The first-order valence-corrected chi connectivity index (χ1v) is 6.88. The van der Waals surface area contributed by atoms with Gasteiger partial charge in [0.05, 0.1) is 6.61 Å². The normalized spacial score (nSPS) is 28.5. The quantitative estimate of drug-likeness (QED) is 0.607. The number of likely N-dealkylation sites (N-methyl/N-ethyl adjacent to an activating group) is 1. The molecule has 17 heavy (non-hydrogen) atoms. The van der Waals surface area contributed by atoms with Crippen LogP contribution in [0.1, 0.15) is 59.8 Å². The van der Waals surface area contributed by atoms with Crippen LogP contribution in [0.5, 0.6) is 0 Å². The van der Waals surface area contributed by atoms with Gasteiger partial charge in [0, 0.05) is 0 Å². The Labute approximate surface area is 105 Å². The molecule has 1 atom stereocenters. The molecule has 0 aromatic carbocycles. The second-order valence-corrected chi connectivity index (χ2v) is 5.85. The van der Waals surface area contributed by atoms with Gasteiger partial charge in [-0.25, -0.2) is 0 Å². The van der Waals surface area contributed by atoms with Crippen molar-refractivity contribution in [1.82, 2.24) is 5.32 Å². The van der Waals surface area contributed by atoms with Gasteiger partial charge >= 0.3 is 5.97 Å². The zero-order valence-electron chi connectivity index (χ0n) is 11.8. The number of hydrogen-bond acceptors (Lipinski definition) is 3. The highest BCUT2D eigenvalue weighted by Crippen LogP contribution is 2.38. The molecule has 0 heterocycles. The maximum atomic E-state index is 12.2. The molecule has 3 nitrogen and oxygen atoms in total. The Bertz CT molecular complexity index is 263. The predicted octanol–water partition coefficient (Wildman–Crippen LogP) is 2.89. The van der Waals surface area contributed by atoms with Crippen molar-refractivity contribution in [2.45, 2.75) is 65.3 Å². The summed E-state index contributed by atoms with van der Waals surface area (Å²) < 4.78 is 5.26. The van der Waals surface area contributed by atoms with Crippen molar-refractivity contribution in [3.63, 3.8) is 0 Å². The zero-order valence-corrected chi connectivity index (χ0v) is 11.8. The van der Waals surface area contributed by atoms with E-state index in [4.69, 9.17) is 4.74 Å². The lowest BCUT2D eigenvalue weighted by Crippen LogP contribution is -2.52. The van der Waals surface area contributed by atoms with E-state index >= 15 is 0 Å². The third-order valence-corrected chi connectivity index (χ3v) is 3.87. The van der Waals surface area contributed by atoms with Crippen molar-refractivity contribution < 1.29 is 9.53 Å². The topological polar surface area (TPSA) is 38.3 Å². The van der Waals surface area contributed by atoms with Gasteiger partial charge in [-0.2, -0.15) is 0 Å². The minimum atomic E-state index is -0.432. The summed E-state index contributed by atoms with van der Waals surface area (Å²) in [7, 11) is 0. The van der Waals surface area contributed by atoms with Crippen LogP contribution in [0.4, 0.5) is 0 Å². The molecular weight excluding hydrogens is 214 g/mol. The number of nitrogens with one attached hydrogen (secondary N) is 1. The van der Waals surface area contributed by atoms with E-state index in [0.717, 1.165) is 32.2 Å². The summed E-state index contributed by atoms with van der Waals surface area (Å²) in [6, 6.07) is 0. The summed E-state index contributed by atoms with van der Waals surface area (Å²) in [5, 5.41) is 3.39. The molecule has 0 radical (unpaired) electrons. The summed E-state index contributed by atoms with van der Waals surface area (Å²) in [4.78, 5) is 12.2. The highest BCUT2D eigenvalue weighted by molar-refractivity contribution is 5.80. The molecule has 0 aromatic heterocycles. The number of rotatable bonds is 4. The van der Waals surface area contributed by atoms with Gasteiger partial charge in [-0.3, -0.25) is 4.79 Å². The first-order chi connectivity index (χ1) is 7.96. The maximum Gasteiger partial charge on any atom is 0.326 e. The molecule has 0 aliphatic heterocycles. The third-order valence-electron chi connectivity index (χ3n) is 3.87. The molecule has 1 N–H and O–H groups in total. The van der Waals surface area contributed by atoms with Crippen molar-refractivity contribution in [3.05, 3.63) is 0 Å². The van der Waals surface area contributed by atoms with Crippen LogP contribution in [0.15, 0.2) is 0 Å². The van der Waals surface area contributed by atoms with Crippen LogP contribution in [-0.2, 0) is 9.53 Å². The van der Waals surface area contributed by atoms with E-state index in [2.05, 4.69) is 26.1 Å². The van der Waals surface area contributed by atoms with E-state index in [1.165, 1.54) is 6.42 Å². The molecule has 0 aromatic rings. The van der Waals surface area contributed by atoms with Gasteiger partial charge in [0.25, 0.3) is 0 Å². The number of carbonyl (C=O) groups is 1. The smallest absolute Gasteiger partial charge is 0.326 e. The molecule has 0 bridgehead atoms. The van der Waals surface area contributed by atoms with Crippen LogP contribution in [0.2, 0.25) is 0 Å². The van der Waals surface area contributed by atoms with Crippen LogP contribution in [0.25, 0.3) is 0 Å². The van der Waals surface area contributed by atoms with Crippen LogP contribution >= 0.6 is 0 Å². The van der Waals surface area contributed by atoms with Gasteiger partial charge < -0.3 is 10.1 Å². The van der Waals surface area contributed by atoms with Gasteiger partial charge in [0.2, 0.25) is 0 Å². The second kappa shape index (κ2) is 5.85. The lowest BCUT2D eigenvalue weighted by atomic mass is 9.83. The summed E-state index contributed by atoms with van der Waals surface area (Å²) in [5.74, 6) is -0.0560. The van der Waals surface area contributed by atoms with Gasteiger partial charge in [-0.05, 0) is 44.6 Å². The lowest BCUT2D eigenvalue weighted by molar-refractivity contribution is -0.152. The Balaban J connectivity index is 2.80. The van der Waals surface area contributed by atoms with Crippen molar-refractivity contribution >= 4 is 5.97 Å². The Hall–Kier alpha value is -0.570. The molecule has 1 rings (SSSR count). The largest absolute Gasteiger partial charge is 0.465 e. The number of carbonyl (C=O) groups excluding carboxylic acids is 1. The van der Waals surface area contributed by atoms with Crippen LogP contribution in [-0.4, -0.2) is 24.7 Å². The van der Waals surface area contributed by atoms with E-state index in [1.54, 1.807) is 0 Å². The first kappa shape index (κ1) is 14.5. The summed E-state index contributed by atoms with van der Waals surface area (Å²) >= 11 is 0. The SMILES string of the molecule is CCNC1(C(=O)OCC)CCCC(C)(C)CC1. The Kier molecular flexibility index (Phi) is 4.99. The molecule has 1 fully saturated rings. The first-order valence-electron chi connectivity index (χ1n) is 6.88. The monoisotopic (exact) mass is 241 g/mol. The van der Waals surface area contributed by atoms with Crippen LogP contribution in [0.3, 0.4) is 0 Å². The molecule has 0 spiro atoms. The summed E-state index contributed by atoms with van der Waals surface area (Å²) in [5.41, 5.74) is -0.0812. The van der Waals surface area contributed by atoms with Crippen molar-refractivity contribution in [1.29, 1.82) is 0 Å². The van der Waals surface area contributed by atoms with Crippen molar-refractivity contribution in [2.75, 3.05) is 13.2 Å². The Morgan fingerprint density at radius 2 is 1.88 bits per heavy atom. The van der Waals surface area contributed by atoms with Gasteiger partial charge in [-0.1, -0.05) is 27.2 Å². The van der Waals surface area contributed by atoms with E-state index in [0.29, 0.717) is 12.0 Å². The average Bonchev–Trinajstić information content (AvgIpc) is 2.40. The van der Waals surface area contributed by atoms with Crippen molar-refractivity contribution in [2.24, 2.45) is 5.41 Å². The fraction of sp³-hybridized carbons (Fsp3) is 0.929. The molecule has 0 saturated heterocycles. The minimum absolute atomic E-state index is 0.0560. The lowest BCUT2D eigenvalue weighted by Gasteiger charge is -2.31. The van der Waals surface area contributed by atoms with E-state index < -0.39 is 5.54 Å². The van der Waals surface area contributed by atoms with Gasteiger partial charge in [0.15, 0.2) is 0 Å². The average molecular weight is 241 g/mol. The number of esters is 1. The molecule has 1 aliphatic carbocycles. The Morgan fingerprint density at radius 3 is 2.47 bits per heavy atom. The summed E-state index contributed by atoms with van der Waals surface area (Å²) in [6.45, 7) is 9.80. The fourth-order valence-electron chi connectivity index (χ4n) is 2.73. The summed E-state index contributed by atoms with van der Waals surface area (Å²) in [6.07, 6.45) is 5.17. The van der Waals surface area contributed by atoms with Gasteiger partial charge in [0.1, 0.15) is 5.54 Å². The second-order valence-electron chi connectivity index (χ2n) is 5.85. The van der Waals surface area contributed by atoms with Gasteiger partial charge in [-0.15, -0.1) is 0 Å². The van der Waals surface area contributed by atoms with Crippen LogP contribution in [0, 0.1) is 5.41 Å². The molecule has 1 saturated carbocycles. The third kappa shape index (κ3) is 3.70. The highest BCUT2D eigenvalue weighted by Gasteiger charge is 2.42. The Morgan fingerprint density at radius 1 is 1.18 bits per heavy atom. The zero-order chi connectivity index (χ0) is 12.9. The number of hydrogen-bond donors (Lipinski definition) is 1. The maximum absolute atomic E-state index is 12.2. The molecule has 1 aliphatic rings. The minimum Gasteiger partial charge on any atom is -0.465 e. The molecule has 100 valence electrons. The van der Waals surface area contributed by atoms with E-state index in [9.17, 15) is 4.79 Å². The predicted molar refractivity (Wildman–Crippen MR) is 69.9 cm³/mol. The van der Waals surface area contributed by atoms with Crippen LogP contribution < -0.4 is 5.32 Å². The highest BCUT2D eigenvalue weighted by atomic mass is 16.5. The number of ether oxygens (including phenoxy) is 1. The molecular formula is C14H27NO2.